The van der Waals surface area contributed by atoms with Crippen molar-refractivity contribution in [2.24, 2.45) is 0 Å². The van der Waals surface area contributed by atoms with Crippen molar-refractivity contribution < 1.29 is 9.59 Å². The van der Waals surface area contributed by atoms with Gasteiger partial charge in [0, 0.05) is 44.4 Å². The van der Waals surface area contributed by atoms with Crippen LogP contribution in [-0.4, -0.2) is 76.3 Å². The van der Waals surface area contributed by atoms with Gasteiger partial charge in [0.15, 0.2) is 10.9 Å². The molecule has 0 saturated carbocycles. The molecule has 36 heavy (non-hydrogen) atoms. The summed E-state index contributed by atoms with van der Waals surface area (Å²) in [6.07, 6.45) is 8.03. The van der Waals surface area contributed by atoms with Gasteiger partial charge < -0.3 is 15.5 Å². The van der Waals surface area contributed by atoms with Crippen LogP contribution in [0.3, 0.4) is 0 Å². The average Bonchev–Trinajstić information content (AvgIpc) is 3.29. The monoisotopic (exact) mass is 525 g/mol. The summed E-state index contributed by atoms with van der Waals surface area (Å²) in [5.74, 6) is -0.451. The molecule has 0 radical (unpaired) electrons. The molecule has 0 aliphatic carbocycles. The molecule has 0 spiro atoms. The fourth-order valence-corrected chi connectivity index (χ4v) is 4.51. The molecule has 1 atom stereocenters. The van der Waals surface area contributed by atoms with E-state index in [1.165, 1.54) is 29.8 Å². The second-order valence-electron chi connectivity index (χ2n) is 8.59. The Morgan fingerprint density at radius 1 is 1.11 bits per heavy atom. The maximum atomic E-state index is 12.6. The number of amides is 2. The zero-order chi connectivity index (χ0) is 25.5. The molecule has 3 aromatic rings. The maximum absolute atomic E-state index is 12.6. The van der Waals surface area contributed by atoms with E-state index in [0.29, 0.717) is 21.0 Å². The molecule has 1 aliphatic rings. The number of carbonyl (C=O) groups is 2. The lowest BCUT2D eigenvalue weighted by Gasteiger charge is -2.31. The number of hydrogen-bond acceptors (Lipinski definition) is 8. The number of halogens is 1. The molecule has 1 aromatic carbocycles. The van der Waals surface area contributed by atoms with Gasteiger partial charge in [-0.1, -0.05) is 47.2 Å². The molecular formula is C25H28ClN7O2S. The van der Waals surface area contributed by atoms with Crippen molar-refractivity contribution in [2.45, 2.75) is 12.8 Å². The van der Waals surface area contributed by atoms with Crippen LogP contribution in [0.15, 0.2) is 55.0 Å². The Kier molecular flexibility index (Phi) is 8.76. The van der Waals surface area contributed by atoms with Crippen LogP contribution in [0.5, 0.6) is 0 Å². The van der Waals surface area contributed by atoms with E-state index in [0.717, 1.165) is 43.9 Å². The topological polar surface area (TPSA) is 103 Å². The van der Waals surface area contributed by atoms with Gasteiger partial charge in [0.1, 0.15) is 4.34 Å². The first kappa shape index (κ1) is 25.9. The molecule has 11 heteroatoms. The Morgan fingerprint density at radius 2 is 1.92 bits per heavy atom. The molecule has 4 rings (SSSR count). The summed E-state index contributed by atoms with van der Waals surface area (Å²) < 4.78 is 0.514. The minimum atomic E-state index is -0.406. The van der Waals surface area contributed by atoms with E-state index in [2.05, 4.69) is 42.4 Å². The predicted octanol–water partition coefficient (Wildman–Crippen LogP) is 3.74. The molecule has 1 saturated heterocycles. The highest BCUT2D eigenvalue weighted by Gasteiger charge is 2.18. The van der Waals surface area contributed by atoms with Gasteiger partial charge in [-0.2, -0.15) is 0 Å². The van der Waals surface area contributed by atoms with Gasteiger partial charge in [0.2, 0.25) is 11.8 Å². The minimum Gasteiger partial charge on any atom is -0.306 e. The standard InChI is InChI=1S/C25H28ClN7O2S/c1-17(24(35)31-25-29-15-21(26)36-25)18-5-3-6-19(13-18)20-14-28-22(16-27-20)30-23(34)7-4-8-33-11-9-32(2)10-12-33/h3-7,13-17H,8-12H2,1-2H3,(H,28,30,34)(H,29,31,35)/b7-4+. The third-order valence-electron chi connectivity index (χ3n) is 5.92. The molecule has 1 unspecified atom stereocenters. The predicted molar refractivity (Wildman–Crippen MR) is 143 cm³/mol. The fraction of sp³-hybridized carbons (Fsp3) is 0.320. The Morgan fingerprint density at radius 3 is 2.61 bits per heavy atom. The minimum absolute atomic E-state index is 0.178. The summed E-state index contributed by atoms with van der Waals surface area (Å²) in [6, 6.07) is 7.57. The summed E-state index contributed by atoms with van der Waals surface area (Å²) in [5, 5.41) is 5.99. The second kappa shape index (κ2) is 12.2. The van der Waals surface area contributed by atoms with Crippen LogP contribution in [0.2, 0.25) is 4.34 Å². The molecule has 2 aromatic heterocycles. The molecule has 1 aliphatic heterocycles. The van der Waals surface area contributed by atoms with Crippen LogP contribution in [0, 0.1) is 0 Å². The Balaban J connectivity index is 1.32. The zero-order valence-electron chi connectivity index (χ0n) is 20.1. The lowest BCUT2D eigenvalue weighted by Crippen LogP contribution is -2.44. The number of carbonyl (C=O) groups excluding carboxylic acids is 2. The summed E-state index contributed by atoms with van der Waals surface area (Å²) >= 11 is 7.10. The lowest BCUT2D eigenvalue weighted by atomic mass is 9.97. The van der Waals surface area contributed by atoms with Crippen LogP contribution in [0.1, 0.15) is 18.4 Å². The number of piperazine rings is 1. The van der Waals surface area contributed by atoms with Crippen LogP contribution in [0.4, 0.5) is 10.9 Å². The Labute approximate surface area is 219 Å². The highest BCUT2D eigenvalue weighted by atomic mass is 35.5. The zero-order valence-corrected chi connectivity index (χ0v) is 21.7. The van der Waals surface area contributed by atoms with E-state index in [9.17, 15) is 9.59 Å². The molecule has 9 nitrogen and oxygen atoms in total. The van der Waals surface area contributed by atoms with Crippen molar-refractivity contribution in [1.82, 2.24) is 24.8 Å². The van der Waals surface area contributed by atoms with Crippen molar-refractivity contribution in [2.75, 3.05) is 50.4 Å². The highest BCUT2D eigenvalue weighted by molar-refractivity contribution is 7.19. The van der Waals surface area contributed by atoms with Crippen LogP contribution >= 0.6 is 22.9 Å². The smallest absolute Gasteiger partial charge is 0.249 e. The van der Waals surface area contributed by atoms with Gasteiger partial charge in [-0.25, -0.2) is 9.97 Å². The second-order valence-corrected chi connectivity index (χ2v) is 10.3. The number of rotatable bonds is 8. The van der Waals surface area contributed by atoms with Gasteiger partial charge in [0.25, 0.3) is 0 Å². The lowest BCUT2D eigenvalue weighted by molar-refractivity contribution is -0.117. The highest BCUT2D eigenvalue weighted by Crippen LogP contribution is 2.26. The summed E-state index contributed by atoms with van der Waals surface area (Å²) in [5.41, 5.74) is 2.29. The van der Waals surface area contributed by atoms with Gasteiger partial charge >= 0.3 is 0 Å². The van der Waals surface area contributed by atoms with Crippen LogP contribution in [-0.2, 0) is 9.59 Å². The van der Waals surface area contributed by atoms with Crippen LogP contribution in [0.25, 0.3) is 11.3 Å². The van der Waals surface area contributed by atoms with E-state index in [-0.39, 0.29) is 11.8 Å². The van der Waals surface area contributed by atoms with Crippen molar-refractivity contribution in [3.63, 3.8) is 0 Å². The largest absolute Gasteiger partial charge is 0.306 e. The van der Waals surface area contributed by atoms with Gasteiger partial charge in [-0.3, -0.25) is 19.5 Å². The number of anilines is 2. The van der Waals surface area contributed by atoms with Crippen molar-refractivity contribution in [3.05, 3.63) is 64.9 Å². The van der Waals surface area contributed by atoms with Crippen molar-refractivity contribution >= 4 is 45.7 Å². The first-order valence-electron chi connectivity index (χ1n) is 11.6. The summed E-state index contributed by atoms with van der Waals surface area (Å²) in [6.45, 7) is 6.65. The van der Waals surface area contributed by atoms with E-state index >= 15 is 0 Å². The Bertz CT molecular complexity index is 1220. The SMILES string of the molecule is CC(C(=O)Nc1ncc(Cl)s1)c1cccc(-c2cnc(NC(=O)/C=C/CN3CCN(C)CC3)cn2)c1. The average molecular weight is 526 g/mol. The van der Waals surface area contributed by atoms with E-state index in [4.69, 9.17) is 11.6 Å². The van der Waals surface area contributed by atoms with E-state index < -0.39 is 5.92 Å². The number of nitrogens with one attached hydrogen (secondary N) is 2. The molecule has 2 amide bonds. The first-order chi connectivity index (χ1) is 17.4. The Hall–Kier alpha value is -3.18. The molecular weight excluding hydrogens is 498 g/mol. The molecule has 2 N–H and O–H groups in total. The summed E-state index contributed by atoms with van der Waals surface area (Å²) in [7, 11) is 2.12. The summed E-state index contributed by atoms with van der Waals surface area (Å²) in [4.78, 5) is 42.3. The molecule has 188 valence electrons. The van der Waals surface area contributed by atoms with E-state index in [1.54, 1.807) is 6.20 Å². The normalized spacial score (nSPS) is 15.6. The first-order valence-corrected chi connectivity index (χ1v) is 12.8. The third-order valence-corrected chi connectivity index (χ3v) is 6.95. The van der Waals surface area contributed by atoms with Gasteiger partial charge in [0.05, 0.1) is 30.2 Å². The quantitative estimate of drug-likeness (QED) is 0.432. The molecule has 0 bridgehead atoms. The van der Waals surface area contributed by atoms with Crippen molar-refractivity contribution in [1.29, 1.82) is 0 Å². The van der Waals surface area contributed by atoms with Gasteiger partial charge in [-0.15, -0.1) is 0 Å². The number of nitrogens with zero attached hydrogens (tertiary/aromatic N) is 5. The molecule has 1 fully saturated rings. The molecule has 3 heterocycles. The van der Waals surface area contributed by atoms with Crippen molar-refractivity contribution in [3.8, 4) is 11.3 Å². The third kappa shape index (κ3) is 7.17. The van der Waals surface area contributed by atoms with E-state index in [1.807, 2.05) is 37.3 Å². The number of likely N-dealkylation sites (N-methyl/N-ethyl adjacent to an activating group) is 1. The number of aromatic nitrogens is 3. The number of benzene rings is 1. The maximum Gasteiger partial charge on any atom is 0.249 e. The number of hydrogen-bond donors (Lipinski definition) is 2. The van der Waals surface area contributed by atoms with Crippen LogP contribution < -0.4 is 10.6 Å². The fourth-order valence-electron chi connectivity index (χ4n) is 3.69. The van der Waals surface area contributed by atoms with Gasteiger partial charge in [-0.05, 0) is 25.6 Å². The number of thiazole rings is 1.